The average Bonchev–Trinajstić information content (AvgIpc) is 2.97. The molecule has 0 saturated heterocycles. The maximum atomic E-state index is 5.56. The number of hydrogen-bond acceptors (Lipinski definition) is 2. The summed E-state index contributed by atoms with van der Waals surface area (Å²) in [5, 5.41) is 3.44. The molecule has 0 heterocycles. The monoisotopic (exact) mass is 211 g/mol. The van der Waals surface area contributed by atoms with Gasteiger partial charge in [0.1, 0.15) is 0 Å². The van der Waals surface area contributed by atoms with Gasteiger partial charge in [0.25, 0.3) is 0 Å². The molecule has 0 aromatic carbocycles. The molecule has 0 aliphatic heterocycles. The molecule has 0 spiro atoms. The molecule has 1 N–H and O–H groups in total. The van der Waals surface area contributed by atoms with Gasteiger partial charge in [-0.2, -0.15) is 0 Å². The van der Waals surface area contributed by atoms with Gasteiger partial charge in [0.05, 0.1) is 6.61 Å². The lowest BCUT2D eigenvalue weighted by atomic mass is 10.1. The first kappa shape index (κ1) is 12.7. The van der Waals surface area contributed by atoms with E-state index < -0.39 is 0 Å². The Hall–Kier alpha value is -0.340. The van der Waals surface area contributed by atoms with Crippen molar-refractivity contribution >= 4 is 0 Å². The van der Waals surface area contributed by atoms with Gasteiger partial charge in [-0.05, 0) is 37.2 Å². The van der Waals surface area contributed by atoms with Crippen molar-refractivity contribution < 1.29 is 4.74 Å². The first-order valence-corrected chi connectivity index (χ1v) is 6.16. The highest BCUT2D eigenvalue weighted by atomic mass is 16.5. The molecule has 2 heteroatoms. The van der Waals surface area contributed by atoms with Crippen LogP contribution in [0.15, 0.2) is 12.2 Å². The van der Waals surface area contributed by atoms with E-state index in [1.165, 1.54) is 31.3 Å². The lowest BCUT2D eigenvalue weighted by molar-refractivity contribution is 0.147. The largest absolute Gasteiger partial charge is 0.377 e. The lowest BCUT2D eigenvalue weighted by Crippen LogP contribution is -2.20. The van der Waals surface area contributed by atoms with Crippen LogP contribution >= 0.6 is 0 Å². The van der Waals surface area contributed by atoms with Crippen LogP contribution in [0.3, 0.4) is 0 Å². The lowest BCUT2D eigenvalue weighted by Gasteiger charge is -2.08. The summed E-state index contributed by atoms with van der Waals surface area (Å²) in [6, 6.07) is 0.766. The summed E-state index contributed by atoms with van der Waals surface area (Å²) >= 11 is 0. The molecule has 1 rings (SSSR count). The Bertz CT molecular complexity index is 185. The summed E-state index contributed by atoms with van der Waals surface area (Å²) in [6.07, 6.45) is 5.10. The minimum Gasteiger partial charge on any atom is -0.377 e. The minimum atomic E-state index is 0.720. The van der Waals surface area contributed by atoms with E-state index in [4.69, 9.17) is 4.74 Å². The van der Waals surface area contributed by atoms with Crippen molar-refractivity contribution in [3.05, 3.63) is 12.2 Å². The number of hydrogen-bond donors (Lipinski definition) is 1. The standard InChI is InChI=1S/C13H25NO/c1-11(2)5-4-8-15-10-12(3)9-14-13-6-7-13/h11,13-14H,3-10H2,1-2H3. The van der Waals surface area contributed by atoms with Crippen LogP contribution < -0.4 is 5.32 Å². The van der Waals surface area contributed by atoms with Gasteiger partial charge in [-0.1, -0.05) is 20.4 Å². The van der Waals surface area contributed by atoms with E-state index in [9.17, 15) is 0 Å². The normalized spacial score (nSPS) is 15.9. The van der Waals surface area contributed by atoms with Crippen molar-refractivity contribution in [3.63, 3.8) is 0 Å². The first-order chi connectivity index (χ1) is 7.18. The fourth-order valence-corrected chi connectivity index (χ4v) is 1.44. The third-order valence-electron chi connectivity index (χ3n) is 2.59. The molecule has 1 fully saturated rings. The Labute approximate surface area is 94.1 Å². The van der Waals surface area contributed by atoms with Crippen molar-refractivity contribution in [3.8, 4) is 0 Å². The van der Waals surface area contributed by atoms with E-state index in [1.807, 2.05) is 0 Å². The van der Waals surface area contributed by atoms with Crippen LogP contribution in [0.5, 0.6) is 0 Å². The fraction of sp³-hybridized carbons (Fsp3) is 0.846. The third-order valence-corrected chi connectivity index (χ3v) is 2.59. The third kappa shape index (κ3) is 7.57. The summed E-state index contributed by atoms with van der Waals surface area (Å²) in [5.74, 6) is 0.785. The van der Waals surface area contributed by atoms with Crippen LogP contribution in [0.4, 0.5) is 0 Å². The molecule has 88 valence electrons. The Morgan fingerprint density at radius 3 is 2.80 bits per heavy atom. The van der Waals surface area contributed by atoms with Crippen LogP contribution in [-0.4, -0.2) is 25.8 Å². The van der Waals surface area contributed by atoms with Crippen LogP contribution in [0, 0.1) is 5.92 Å². The first-order valence-electron chi connectivity index (χ1n) is 6.16. The Balaban J connectivity index is 1.83. The zero-order valence-corrected chi connectivity index (χ0v) is 10.2. The maximum absolute atomic E-state index is 5.56. The van der Waals surface area contributed by atoms with Gasteiger partial charge in [0.15, 0.2) is 0 Å². The van der Waals surface area contributed by atoms with Crippen LogP contribution in [0.2, 0.25) is 0 Å². The molecule has 1 aliphatic rings. The summed E-state index contributed by atoms with van der Waals surface area (Å²) < 4.78 is 5.56. The van der Waals surface area contributed by atoms with Crippen molar-refractivity contribution in [1.82, 2.24) is 5.32 Å². The van der Waals surface area contributed by atoms with Gasteiger partial charge in [0.2, 0.25) is 0 Å². The molecule has 0 atom stereocenters. The van der Waals surface area contributed by atoms with Gasteiger partial charge in [-0.25, -0.2) is 0 Å². The van der Waals surface area contributed by atoms with Crippen molar-refractivity contribution in [1.29, 1.82) is 0 Å². The minimum absolute atomic E-state index is 0.720. The van der Waals surface area contributed by atoms with E-state index in [0.717, 1.165) is 31.7 Å². The summed E-state index contributed by atoms with van der Waals surface area (Å²) in [7, 11) is 0. The summed E-state index contributed by atoms with van der Waals surface area (Å²) in [6.45, 7) is 11.0. The van der Waals surface area contributed by atoms with Gasteiger partial charge in [0, 0.05) is 19.2 Å². The Morgan fingerprint density at radius 1 is 1.47 bits per heavy atom. The van der Waals surface area contributed by atoms with Crippen molar-refractivity contribution in [2.45, 2.75) is 45.6 Å². The van der Waals surface area contributed by atoms with Gasteiger partial charge in [-0.15, -0.1) is 0 Å². The SMILES string of the molecule is C=C(CNC1CC1)COCCCC(C)C. The molecule has 1 saturated carbocycles. The zero-order chi connectivity index (χ0) is 11.1. The molecule has 0 bridgehead atoms. The van der Waals surface area contributed by atoms with E-state index >= 15 is 0 Å². The van der Waals surface area contributed by atoms with E-state index in [-0.39, 0.29) is 0 Å². The highest BCUT2D eigenvalue weighted by Crippen LogP contribution is 2.18. The second kappa shape index (κ2) is 7.02. The highest BCUT2D eigenvalue weighted by molar-refractivity contribution is 4.99. The molecule has 15 heavy (non-hydrogen) atoms. The summed E-state index contributed by atoms with van der Waals surface area (Å²) in [4.78, 5) is 0. The van der Waals surface area contributed by atoms with Gasteiger partial charge in [-0.3, -0.25) is 0 Å². The predicted octanol–water partition coefficient (Wildman–Crippen LogP) is 2.75. The maximum Gasteiger partial charge on any atom is 0.0686 e. The van der Waals surface area contributed by atoms with Crippen LogP contribution in [-0.2, 0) is 4.74 Å². The molecular weight excluding hydrogens is 186 g/mol. The zero-order valence-electron chi connectivity index (χ0n) is 10.2. The van der Waals surface area contributed by atoms with Gasteiger partial charge < -0.3 is 10.1 Å². The van der Waals surface area contributed by atoms with Crippen LogP contribution in [0.1, 0.15) is 39.5 Å². The average molecular weight is 211 g/mol. The fourth-order valence-electron chi connectivity index (χ4n) is 1.44. The molecule has 0 aromatic heterocycles. The topological polar surface area (TPSA) is 21.3 Å². The van der Waals surface area contributed by atoms with Crippen LogP contribution in [0.25, 0.3) is 0 Å². The molecule has 1 aliphatic carbocycles. The predicted molar refractivity (Wildman–Crippen MR) is 65.1 cm³/mol. The van der Waals surface area contributed by atoms with E-state index in [2.05, 4.69) is 25.7 Å². The number of nitrogens with one attached hydrogen (secondary N) is 1. The second-order valence-electron chi connectivity index (χ2n) is 4.99. The Morgan fingerprint density at radius 2 is 2.20 bits per heavy atom. The number of ether oxygens (including phenoxy) is 1. The highest BCUT2D eigenvalue weighted by Gasteiger charge is 2.19. The Kier molecular flexibility index (Phi) is 5.96. The number of rotatable bonds is 9. The molecular formula is C13H25NO. The molecule has 0 unspecified atom stereocenters. The smallest absolute Gasteiger partial charge is 0.0686 e. The van der Waals surface area contributed by atoms with E-state index in [1.54, 1.807) is 0 Å². The van der Waals surface area contributed by atoms with Gasteiger partial charge >= 0.3 is 0 Å². The molecule has 2 nitrogen and oxygen atoms in total. The summed E-state index contributed by atoms with van der Waals surface area (Å²) in [5.41, 5.74) is 1.17. The quantitative estimate of drug-likeness (QED) is 0.468. The molecule has 0 amide bonds. The van der Waals surface area contributed by atoms with Crippen molar-refractivity contribution in [2.75, 3.05) is 19.8 Å². The molecule has 0 aromatic rings. The van der Waals surface area contributed by atoms with Crippen molar-refractivity contribution in [2.24, 2.45) is 5.92 Å². The van der Waals surface area contributed by atoms with E-state index in [0.29, 0.717) is 0 Å². The second-order valence-corrected chi connectivity index (χ2v) is 4.99. The molecule has 0 radical (unpaired) electrons.